The van der Waals surface area contributed by atoms with Crippen molar-refractivity contribution in [3.05, 3.63) is 51.7 Å². The van der Waals surface area contributed by atoms with Crippen LogP contribution >= 0.6 is 0 Å². The lowest BCUT2D eigenvalue weighted by Gasteiger charge is -2.09. The molecule has 1 aromatic carbocycles. The Hall–Kier alpha value is -2.58. The maximum absolute atomic E-state index is 12.5. The second kappa shape index (κ2) is 7.98. The molecule has 0 saturated carbocycles. The first kappa shape index (κ1) is 19.2. The Labute approximate surface area is 154 Å². The van der Waals surface area contributed by atoms with E-state index >= 15 is 0 Å². The summed E-state index contributed by atoms with van der Waals surface area (Å²) in [6.07, 6.45) is -0.988. The second-order valence-electron chi connectivity index (χ2n) is 6.61. The van der Waals surface area contributed by atoms with Crippen LogP contribution < -0.4 is 11.0 Å². The third-order valence-electron chi connectivity index (χ3n) is 4.55. The highest BCUT2D eigenvalue weighted by Gasteiger charge is 2.29. The summed E-state index contributed by atoms with van der Waals surface area (Å²) >= 11 is 0. The number of aromatic nitrogens is 3. The van der Waals surface area contributed by atoms with Gasteiger partial charge in [0, 0.05) is 26.1 Å². The van der Waals surface area contributed by atoms with Gasteiger partial charge >= 0.3 is 11.9 Å². The van der Waals surface area contributed by atoms with Gasteiger partial charge in [0.15, 0.2) is 0 Å². The molecule has 27 heavy (non-hydrogen) atoms. The molecule has 6 nitrogen and oxygen atoms in total. The first-order valence-electron chi connectivity index (χ1n) is 8.94. The molecule has 0 atom stereocenters. The highest BCUT2D eigenvalue weighted by atomic mass is 19.4. The largest absolute Gasteiger partial charge is 0.416 e. The van der Waals surface area contributed by atoms with Crippen LogP contribution in [0.25, 0.3) is 0 Å². The molecule has 1 amide bonds. The molecular formula is C18H21F3N4O2. The molecule has 0 saturated heterocycles. The van der Waals surface area contributed by atoms with E-state index in [1.807, 2.05) is 0 Å². The van der Waals surface area contributed by atoms with Gasteiger partial charge in [0.05, 0.1) is 12.0 Å². The summed E-state index contributed by atoms with van der Waals surface area (Å²) in [6.45, 7) is 1.49. The Bertz CT molecular complexity index is 853. The number of hydrogen-bond donors (Lipinski definition) is 1. The molecule has 0 bridgehead atoms. The summed E-state index contributed by atoms with van der Waals surface area (Å²) in [6, 6.07) is 4.54. The van der Waals surface area contributed by atoms with Crippen LogP contribution in [0, 0.1) is 0 Å². The number of rotatable bonds is 6. The third-order valence-corrected chi connectivity index (χ3v) is 4.55. The molecule has 0 spiro atoms. The summed E-state index contributed by atoms with van der Waals surface area (Å²) in [5.74, 6) is 0.545. The Morgan fingerprint density at radius 2 is 1.93 bits per heavy atom. The number of nitrogens with one attached hydrogen (secondary N) is 1. The lowest BCUT2D eigenvalue weighted by Crippen LogP contribution is -2.30. The molecule has 3 rings (SSSR count). The average Bonchev–Trinajstić information content (AvgIpc) is 2.95. The van der Waals surface area contributed by atoms with E-state index in [0.717, 1.165) is 37.2 Å². The molecule has 0 fully saturated rings. The van der Waals surface area contributed by atoms with Gasteiger partial charge < -0.3 is 5.32 Å². The van der Waals surface area contributed by atoms with E-state index in [1.54, 1.807) is 4.57 Å². The number of benzene rings is 1. The van der Waals surface area contributed by atoms with E-state index in [0.29, 0.717) is 31.6 Å². The van der Waals surface area contributed by atoms with Crippen molar-refractivity contribution in [3.63, 3.8) is 0 Å². The summed E-state index contributed by atoms with van der Waals surface area (Å²) < 4.78 is 40.7. The number of amides is 1. The van der Waals surface area contributed by atoms with Gasteiger partial charge in [-0.1, -0.05) is 12.1 Å². The van der Waals surface area contributed by atoms with Gasteiger partial charge in [-0.15, -0.1) is 0 Å². The van der Waals surface area contributed by atoms with Gasteiger partial charge in [0.2, 0.25) is 5.91 Å². The fourth-order valence-corrected chi connectivity index (χ4v) is 3.11. The number of alkyl halides is 3. The van der Waals surface area contributed by atoms with Crippen LogP contribution in [-0.2, 0) is 36.9 Å². The molecule has 1 aromatic heterocycles. The van der Waals surface area contributed by atoms with Crippen molar-refractivity contribution in [2.45, 2.75) is 51.4 Å². The number of nitrogens with zero attached hydrogens (tertiary/aromatic N) is 3. The van der Waals surface area contributed by atoms with E-state index in [2.05, 4.69) is 10.4 Å². The molecule has 0 radical (unpaired) electrons. The standard InChI is InChI=1S/C18H21F3N4O2/c19-18(20,21)14-7-5-13(6-8-14)12-16(26)22-9-3-11-25-17(27)24-10-2-1-4-15(24)23-25/h5-8H,1-4,9-12H2,(H,22,26). The van der Waals surface area contributed by atoms with Gasteiger partial charge in [-0.05, 0) is 37.0 Å². The van der Waals surface area contributed by atoms with Gasteiger partial charge in [-0.25, -0.2) is 9.48 Å². The summed E-state index contributed by atoms with van der Waals surface area (Å²) in [7, 11) is 0. The Morgan fingerprint density at radius 3 is 2.59 bits per heavy atom. The lowest BCUT2D eigenvalue weighted by atomic mass is 10.1. The third kappa shape index (κ3) is 4.78. The molecule has 9 heteroatoms. The Morgan fingerprint density at radius 1 is 1.19 bits per heavy atom. The summed E-state index contributed by atoms with van der Waals surface area (Å²) in [5.41, 5.74) is -0.334. The van der Waals surface area contributed by atoms with Gasteiger partial charge in [0.25, 0.3) is 0 Å². The summed E-state index contributed by atoms with van der Waals surface area (Å²) in [4.78, 5) is 24.1. The topological polar surface area (TPSA) is 68.9 Å². The molecular weight excluding hydrogens is 361 g/mol. The van der Waals surface area contributed by atoms with Crippen LogP contribution in [0.3, 0.4) is 0 Å². The van der Waals surface area contributed by atoms with Crippen LogP contribution in [0.2, 0.25) is 0 Å². The van der Waals surface area contributed by atoms with Gasteiger partial charge in [0.1, 0.15) is 5.82 Å². The van der Waals surface area contributed by atoms with Crippen molar-refractivity contribution >= 4 is 5.91 Å². The van der Waals surface area contributed by atoms with Crippen LogP contribution in [-0.4, -0.2) is 26.8 Å². The van der Waals surface area contributed by atoms with Crippen molar-refractivity contribution in [2.24, 2.45) is 0 Å². The molecule has 0 unspecified atom stereocenters. The minimum atomic E-state index is -4.38. The highest BCUT2D eigenvalue weighted by Crippen LogP contribution is 2.29. The van der Waals surface area contributed by atoms with Crippen molar-refractivity contribution in [1.29, 1.82) is 0 Å². The molecule has 1 aliphatic heterocycles. The number of fused-ring (bicyclic) bond motifs is 1. The zero-order valence-corrected chi connectivity index (χ0v) is 14.8. The number of carbonyl (C=O) groups is 1. The molecule has 0 aliphatic carbocycles. The van der Waals surface area contributed by atoms with Crippen molar-refractivity contribution in [2.75, 3.05) is 6.54 Å². The first-order chi connectivity index (χ1) is 12.8. The zero-order valence-electron chi connectivity index (χ0n) is 14.8. The van der Waals surface area contributed by atoms with Crippen LogP contribution in [0.1, 0.15) is 36.2 Å². The van der Waals surface area contributed by atoms with Crippen LogP contribution in [0.15, 0.2) is 29.1 Å². The molecule has 2 aromatic rings. The smallest absolute Gasteiger partial charge is 0.356 e. The predicted octanol–water partition coefficient (Wildman–Crippen LogP) is 2.15. The number of halogens is 3. The monoisotopic (exact) mass is 382 g/mol. The molecule has 2 heterocycles. The summed E-state index contributed by atoms with van der Waals surface area (Å²) in [5, 5.41) is 7.04. The zero-order chi connectivity index (χ0) is 19.4. The second-order valence-corrected chi connectivity index (χ2v) is 6.61. The number of carbonyl (C=O) groups excluding carboxylic acids is 1. The van der Waals surface area contributed by atoms with Crippen LogP contribution in [0.4, 0.5) is 13.2 Å². The fraction of sp³-hybridized carbons (Fsp3) is 0.500. The van der Waals surface area contributed by atoms with E-state index < -0.39 is 11.7 Å². The van der Waals surface area contributed by atoms with Crippen molar-refractivity contribution in [3.8, 4) is 0 Å². The molecule has 1 N–H and O–H groups in total. The van der Waals surface area contributed by atoms with E-state index in [-0.39, 0.29) is 18.0 Å². The van der Waals surface area contributed by atoms with Crippen molar-refractivity contribution in [1.82, 2.24) is 19.7 Å². The minimum Gasteiger partial charge on any atom is -0.356 e. The Balaban J connectivity index is 1.44. The number of aryl methyl sites for hydroxylation is 2. The normalized spacial score (nSPS) is 14.0. The lowest BCUT2D eigenvalue weighted by molar-refractivity contribution is -0.137. The first-order valence-corrected chi connectivity index (χ1v) is 8.94. The minimum absolute atomic E-state index is 0.0108. The van der Waals surface area contributed by atoms with Crippen molar-refractivity contribution < 1.29 is 18.0 Å². The number of hydrogen-bond acceptors (Lipinski definition) is 3. The van der Waals surface area contributed by atoms with E-state index in [4.69, 9.17) is 0 Å². The maximum atomic E-state index is 12.5. The van der Waals surface area contributed by atoms with Gasteiger partial charge in [-0.3, -0.25) is 9.36 Å². The predicted molar refractivity (Wildman–Crippen MR) is 92.2 cm³/mol. The fourth-order valence-electron chi connectivity index (χ4n) is 3.11. The van der Waals surface area contributed by atoms with Crippen LogP contribution in [0.5, 0.6) is 0 Å². The molecule has 1 aliphatic rings. The molecule has 146 valence electrons. The van der Waals surface area contributed by atoms with E-state index in [1.165, 1.54) is 16.8 Å². The SMILES string of the molecule is O=C(Cc1ccc(C(F)(F)F)cc1)NCCCn1nc2n(c1=O)CCCC2. The quantitative estimate of drug-likeness (QED) is 0.779. The van der Waals surface area contributed by atoms with Gasteiger partial charge in [-0.2, -0.15) is 18.3 Å². The maximum Gasteiger partial charge on any atom is 0.416 e. The highest BCUT2D eigenvalue weighted by molar-refractivity contribution is 5.78. The average molecular weight is 382 g/mol. The Kier molecular flexibility index (Phi) is 5.67. The van der Waals surface area contributed by atoms with E-state index in [9.17, 15) is 22.8 Å².